The Morgan fingerprint density at radius 1 is 1.30 bits per heavy atom. The fraction of sp³-hybridized carbons (Fsp3) is 0.238. The van der Waals surface area contributed by atoms with Crippen LogP contribution in [-0.2, 0) is 12.8 Å². The number of rotatable bonds is 5. The molecule has 0 spiro atoms. The molecule has 0 aliphatic heterocycles. The number of nitro benzene ring substituents is 1. The zero-order chi connectivity index (χ0) is 21.3. The molecule has 9 nitrogen and oxygen atoms in total. The quantitative estimate of drug-likeness (QED) is 0.392. The van der Waals surface area contributed by atoms with Gasteiger partial charge in [-0.25, -0.2) is 5.43 Å². The summed E-state index contributed by atoms with van der Waals surface area (Å²) >= 11 is 0. The summed E-state index contributed by atoms with van der Waals surface area (Å²) in [6.45, 7) is 0. The predicted molar refractivity (Wildman–Crippen MR) is 107 cm³/mol. The maximum Gasteiger partial charge on any atom is 0.275 e. The Bertz CT molecular complexity index is 1180. The molecule has 9 heteroatoms. The van der Waals surface area contributed by atoms with Gasteiger partial charge in [0, 0.05) is 22.9 Å². The number of hydrazone groups is 1. The lowest BCUT2D eigenvalue weighted by Crippen LogP contribution is -2.18. The fourth-order valence-electron chi connectivity index (χ4n) is 3.73. The zero-order valence-electron chi connectivity index (χ0n) is 16.1. The van der Waals surface area contributed by atoms with Gasteiger partial charge in [-0.15, -0.1) is 0 Å². The van der Waals surface area contributed by atoms with Crippen molar-refractivity contribution >= 4 is 28.8 Å². The van der Waals surface area contributed by atoms with Crippen LogP contribution in [0.3, 0.4) is 0 Å². The molecular formula is C21H18N3O6-. The number of hydrogen-bond acceptors (Lipinski definition) is 7. The summed E-state index contributed by atoms with van der Waals surface area (Å²) in [5.41, 5.74) is 3.22. The van der Waals surface area contributed by atoms with Crippen molar-refractivity contribution in [1.82, 2.24) is 5.43 Å². The number of carbonyl (C=O) groups is 1. The maximum absolute atomic E-state index is 12.7. The molecule has 0 bridgehead atoms. The van der Waals surface area contributed by atoms with Crippen molar-refractivity contribution in [3.8, 4) is 11.5 Å². The number of para-hydroxylation sites is 1. The Morgan fingerprint density at radius 3 is 2.83 bits per heavy atom. The number of hydrogen-bond donors (Lipinski definition) is 1. The number of amides is 1. The number of furan rings is 1. The van der Waals surface area contributed by atoms with Crippen LogP contribution in [0.15, 0.2) is 39.9 Å². The van der Waals surface area contributed by atoms with Crippen molar-refractivity contribution < 1.29 is 24.0 Å². The molecule has 30 heavy (non-hydrogen) atoms. The number of fused-ring (bicyclic) bond motifs is 3. The smallest absolute Gasteiger partial charge is 0.275 e. The number of aryl methyl sites for hydroxylation is 2. The van der Waals surface area contributed by atoms with Crippen molar-refractivity contribution in [2.75, 3.05) is 7.11 Å². The van der Waals surface area contributed by atoms with Gasteiger partial charge in [0.25, 0.3) is 11.6 Å². The second-order valence-corrected chi connectivity index (χ2v) is 6.88. The fourth-order valence-corrected chi connectivity index (χ4v) is 3.73. The second kappa shape index (κ2) is 7.86. The Labute approximate surface area is 171 Å². The summed E-state index contributed by atoms with van der Waals surface area (Å²) in [6, 6.07) is 7.78. The Kier molecular flexibility index (Phi) is 5.09. The molecule has 1 amide bonds. The van der Waals surface area contributed by atoms with Crippen molar-refractivity contribution in [3.63, 3.8) is 0 Å². The zero-order valence-corrected chi connectivity index (χ0v) is 16.1. The van der Waals surface area contributed by atoms with Crippen LogP contribution in [0.1, 0.15) is 40.1 Å². The first-order chi connectivity index (χ1) is 14.5. The van der Waals surface area contributed by atoms with Crippen LogP contribution in [0.4, 0.5) is 5.69 Å². The van der Waals surface area contributed by atoms with Crippen molar-refractivity contribution in [2.45, 2.75) is 25.7 Å². The predicted octanol–water partition coefficient (Wildman–Crippen LogP) is 3.07. The molecule has 1 aliphatic carbocycles. The minimum atomic E-state index is -0.767. The first-order valence-corrected chi connectivity index (χ1v) is 9.40. The topological polar surface area (TPSA) is 130 Å². The molecule has 0 atom stereocenters. The summed E-state index contributed by atoms with van der Waals surface area (Å²) in [6.07, 6.45) is 4.47. The number of nitrogens with zero attached hydrogens (tertiary/aromatic N) is 2. The molecule has 154 valence electrons. The normalized spacial score (nSPS) is 13.4. The van der Waals surface area contributed by atoms with Crippen LogP contribution in [0.2, 0.25) is 0 Å². The minimum absolute atomic E-state index is 0.0337. The molecule has 1 aromatic heterocycles. The molecule has 1 heterocycles. The summed E-state index contributed by atoms with van der Waals surface area (Å²) in [4.78, 5) is 23.0. The number of nitrogens with one attached hydrogen (secondary N) is 1. The van der Waals surface area contributed by atoms with E-state index >= 15 is 0 Å². The van der Waals surface area contributed by atoms with E-state index in [0.717, 1.165) is 30.4 Å². The van der Waals surface area contributed by atoms with Gasteiger partial charge >= 0.3 is 0 Å². The van der Waals surface area contributed by atoms with Crippen LogP contribution in [0, 0.1) is 10.1 Å². The monoisotopic (exact) mass is 408 g/mol. The average Bonchev–Trinajstić information content (AvgIpc) is 3.13. The van der Waals surface area contributed by atoms with Gasteiger partial charge in [-0.3, -0.25) is 14.9 Å². The Balaban J connectivity index is 1.74. The molecule has 1 N–H and O–H groups in total. The number of carbonyl (C=O) groups excluding carboxylic acids is 1. The molecule has 0 radical (unpaired) electrons. The van der Waals surface area contributed by atoms with Gasteiger partial charge in [0.05, 0.1) is 29.9 Å². The number of benzene rings is 2. The number of nitro groups is 1. The van der Waals surface area contributed by atoms with E-state index in [0.29, 0.717) is 24.0 Å². The third-order valence-corrected chi connectivity index (χ3v) is 5.12. The van der Waals surface area contributed by atoms with Gasteiger partial charge in [0.2, 0.25) is 0 Å². The van der Waals surface area contributed by atoms with Crippen LogP contribution in [0.5, 0.6) is 11.5 Å². The molecule has 0 unspecified atom stereocenters. The standard InChI is InChI=1S/C21H19N3O6/c1-29-16-8-4-3-7-13(16)21(26)23-22-11-14-19-12-6-2-5-9-17(12)30-18(19)10-15(20(14)25)24(27)28/h3-4,7-8,10-11,25H,2,5-6,9H2,1H3,(H,23,26)/p-1/b22-11-. The molecule has 0 saturated heterocycles. The summed E-state index contributed by atoms with van der Waals surface area (Å²) in [7, 11) is 1.45. The molecular weight excluding hydrogens is 390 g/mol. The average molecular weight is 408 g/mol. The first kappa shape index (κ1) is 19.4. The Morgan fingerprint density at radius 2 is 2.07 bits per heavy atom. The van der Waals surface area contributed by atoms with Gasteiger partial charge < -0.3 is 14.3 Å². The summed E-state index contributed by atoms with van der Waals surface area (Å²) < 4.78 is 10.9. The van der Waals surface area contributed by atoms with Gasteiger partial charge in [-0.2, -0.15) is 5.10 Å². The minimum Gasteiger partial charge on any atom is -0.867 e. The lowest BCUT2D eigenvalue weighted by atomic mass is 9.93. The first-order valence-electron chi connectivity index (χ1n) is 9.40. The number of ether oxygens (including phenoxy) is 1. The lowest BCUT2D eigenvalue weighted by Gasteiger charge is -2.14. The van der Waals surface area contributed by atoms with E-state index in [1.807, 2.05) is 0 Å². The van der Waals surface area contributed by atoms with Crippen LogP contribution in [-0.4, -0.2) is 24.2 Å². The van der Waals surface area contributed by atoms with E-state index < -0.39 is 22.3 Å². The number of methoxy groups -OCH3 is 1. The van der Waals surface area contributed by atoms with Crippen molar-refractivity contribution in [2.24, 2.45) is 5.10 Å². The van der Waals surface area contributed by atoms with Gasteiger partial charge in [0.15, 0.2) is 0 Å². The molecule has 2 aromatic carbocycles. The van der Waals surface area contributed by atoms with Crippen LogP contribution in [0.25, 0.3) is 11.0 Å². The van der Waals surface area contributed by atoms with E-state index in [1.165, 1.54) is 13.2 Å². The molecule has 4 rings (SSSR count). The SMILES string of the molecule is COc1ccccc1C(=O)N/N=C\c1c([O-])c([N+](=O)[O-])cc2oc3c(c12)CCCC3. The van der Waals surface area contributed by atoms with Gasteiger partial charge in [0.1, 0.15) is 17.1 Å². The van der Waals surface area contributed by atoms with Crippen LogP contribution >= 0.6 is 0 Å². The third kappa shape index (κ3) is 3.34. The van der Waals surface area contributed by atoms with Gasteiger partial charge in [-0.05, 0) is 37.1 Å². The highest BCUT2D eigenvalue weighted by atomic mass is 16.6. The summed E-state index contributed by atoms with van der Waals surface area (Å²) in [5, 5.41) is 28.5. The molecule has 3 aromatic rings. The second-order valence-electron chi connectivity index (χ2n) is 6.88. The highest BCUT2D eigenvalue weighted by Gasteiger charge is 2.24. The summed E-state index contributed by atoms with van der Waals surface area (Å²) in [5.74, 6) is -0.191. The largest absolute Gasteiger partial charge is 0.867 e. The molecule has 1 aliphatic rings. The van der Waals surface area contributed by atoms with Crippen molar-refractivity contribution in [1.29, 1.82) is 0 Å². The van der Waals surface area contributed by atoms with Gasteiger partial charge in [-0.1, -0.05) is 12.1 Å². The molecule has 0 saturated carbocycles. The van der Waals surface area contributed by atoms with Crippen LogP contribution < -0.4 is 15.3 Å². The third-order valence-electron chi connectivity index (χ3n) is 5.12. The van der Waals surface area contributed by atoms with E-state index in [4.69, 9.17) is 9.15 Å². The highest BCUT2D eigenvalue weighted by molar-refractivity contribution is 6.05. The highest BCUT2D eigenvalue weighted by Crippen LogP contribution is 2.40. The Hall–Kier alpha value is -3.88. The lowest BCUT2D eigenvalue weighted by molar-refractivity contribution is -0.398. The molecule has 0 fully saturated rings. The maximum atomic E-state index is 12.7. The van der Waals surface area contributed by atoms with E-state index in [9.17, 15) is 20.0 Å². The van der Waals surface area contributed by atoms with Crippen molar-refractivity contribution in [3.05, 3.63) is 62.9 Å². The van der Waals surface area contributed by atoms with E-state index in [2.05, 4.69) is 10.5 Å². The van der Waals surface area contributed by atoms with E-state index in [-0.39, 0.29) is 16.7 Å². The van der Waals surface area contributed by atoms with E-state index in [1.54, 1.807) is 24.3 Å².